The number of hydrogen-bond acceptors (Lipinski definition) is 5. The second-order valence-corrected chi connectivity index (χ2v) is 4.80. The minimum Gasteiger partial charge on any atom is -0.318 e. The maximum atomic E-state index is 6.24. The van der Waals surface area contributed by atoms with Gasteiger partial charge in [-0.1, -0.05) is 23.0 Å². The number of aromatic nitrogens is 4. The molecule has 2 heterocycles. The van der Waals surface area contributed by atoms with Crippen LogP contribution < -0.4 is 5.73 Å². The van der Waals surface area contributed by atoms with Crippen LogP contribution in [0.3, 0.4) is 0 Å². The molecule has 0 saturated carbocycles. The van der Waals surface area contributed by atoms with Crippen LogP contribution in [-0.2, 0) is 13.0 Å². The second-order valence-electron chi connectivity index (χ2n) is 3.61. The maximum absolute atomic E-state index is 6.24. The lowest BCUT2D eigenvalue weighted by atomic mass is 10.1. The third-order valence-electron chi connectivity index (χ3n) is 2.63. The summed E-state index contributed by atoms with van der Waals surface area (Å²) in [7, 11) is 0. The topological polar surface area (TPSA) is 69.6 Å². The highest BCUT2D eigenvalue weighted by Crippen LogP contribution is 2.29. The Morgan fingerprint density at radius 3 is 2.94 bits per heavy atom. The smallest absolute Gasteiger partial charge is 0.0867 e. The molecule has 0 fully saturated rings. The number of halogens is 1. The summed E-state index contributed by atoms with van der Waals surface area (Å²) in [5, 5.41) is 8.85. The van der Waals surface area contributed by atoms with Crippen LogP contribution in [0.5, 0.6) is 0 Å². The summed E-state index contributed by atoms with van der Waals surface area (Å²) in [4.78, 5) is 0.963. The monoisotopic (exact) mass is 271 g/mol. The van der Waals surface area contributed by atoms with Gasteiger partial charge in [0.2, 0.25) is 0 Å². The van der Waals surface area contributed by atoms with Crippen LogP contribution in [0.1, 0.15) is 36.2 Å². The zero-order valence-corrected chi connectivity index (χ0v) is 11.3. The van der Waals surface area contributed by atoms with Crippen molar-refractivity contribution in [3.8, 4) is 0 Å². The largest absolute Gasteiger partial charge is 0.318 e. The van der Waals surface area contributed by atoms with Gasteiger partial charge in [0.05, 0.1) is 33.5 Å². The van der Waals surface area contributed by atoms with E-state index < -0.39 is 0 Å². The Morgan fingerprint density at radius 1 is 1.53 bits per heavy atom. The number of nitrogens with two attached hydrogens (primary N) is 1. The molecule has 0 aliphatic carbocycles. The Labute approximate surface area is 109 Å². The minimum absolute atomic E-state index is 0.306. The van der Waals surface area contributed by atoms with Crippen molar-refractivity contribution in [3.05, 3.63) is 27.5 Å². The van der Waals surface area contributed by atoms with Crippen LogP contribution in [0.2, 0.25) is 5.02 Å². The molecular formula is C10H14ClN5S. The first kappa shape index (κ1) is 12.5. The highest BCUT2D eigenvalue weighted by Gasteiger charge is 2.22. The SMILES string of the molecule is CCc1nnsc1C(N)c1c(Cl)cnn1CC. The lowest BCUT2D eigenvalue weighted by molar-refractivity contribution is 0.601. The molecule has 1 atom stereocenters. The fourth-order valence-electron chi connectivity index (χ4n) is 1.75. The van der Waals surface area contributed by atoms with Crippen LogP contribution in [0.15, 0.2) is 6.20 Å². The first-order chi connectivity index (χ1) is 8.19. The van der Waals surface area contributed by atoms with Gasteiger partial charge in [-0.15, -0.1) is 5.10 Å². The van der Waals surface area contributed by atoms with E-state index in [1.54, 1.807) is 6.20 Å². The van der Waals surface area contributed by atoms with Gasteiger partial charge in [0.25, 0.3) is 0 Å². The van der Waals surface area contributed by atoms with Gasteiger partial charge in [0.15, 0.2) is 0 Å². The van der Waals surface area contributed by atoms with Crippen molar-refractivity contribution in [1.29, 1.82) is 0 Å². The van der Waals surface area contributed by atoms with Gasteiger partial charge in [-0.2, -0.15) is 5.10 Å². The van der Waals surface area contributed by atoms with E-state index in [0.29, 0.717) is 5.02 Å². The lowest BCUT2D eigenvalue weighted by Gasteiger charge is -2.12. The Balaban J connectivity index is 2.43. The van der Waals surface area contributed by atoms with Crippen LogP contribution in [0.4, 0.5) is 0 Å². The van der Waals surface area contributed by atoms with Crippen molar-refractivity contribution >= 4 is 23.1 Å². The summed E-state index contributed by atoms with van der Waals surface area (Å²) in [6.07, 6.45) is 2.44. The van der Waals surface area contributed by atoms with Gasteiger partial charge in [0, 0.05) is 6.54 Å². The normalized spacial score (nSPS) is 12.9. The van der Waals surface area contributed by atoms with E-state index >= 15 is 0 Å². The van der Waals surface area contributed by atoms with E-state index in [-0.39, 0.29) is 6.04 Å². The van der Waals surface area contributed by atoms with Crippen molar-refractivity contribution in [3.63, 3.8) is 0 Å². The van der Waals surface area contributed by atoms with E-state index in [9.17, 15) is 0 Å². The van der Waals surface area contributed by atoms with E-state index in [4.69, 9.17) is 17.3 Å². The molecule has 5 nitrogen and oxygen atoms in total. The highest BCUT2D eigenvalue weighted by atomic mass is 35.5. The molecule has 2 aromatic heterocycles. The summed E-state index contributed by atoms with van der Waals surface area (Å²) >= 11 is 7.45. The molecule has 2 N–H and O–H groups in total. The molecule has 0 saturated heterocycles. The summed E-state index contributed by atoms with van der Waals surface area (Å²) in [5.74, 6) is 0. The highest BCUT2D eigenvalue weighted by molar-refractivity contribution is 7.05. The number of nitrogens with zero attached hydrogens (tertiary/aromatic N) is 4. The molecule has 92 valence electrons. The quantitative estimate of drug-likeness (QED) is 0.924. The van der Waals surface area contributed by atoms with Crippen LogP contribution in [0, 0.1) is 0 Å². The Kier molecular flexibility index (Phi) is 3.76. The van der Waals surface area contributed by atoms with E-state index in [0.717, 1.165) is 29.2 Å². The first-order valence-corrected chi connectivity index (χ1v) is 6.62. The molecule has 0 spiro atoms. The molecule has 1 unspecified atom stereocenters. The molecule has 0 aromatic carbocycles. The average molecular weight is 272 g/mol. The third kappa shape index (κ3) is 2.20. The Hall–Kier alpha value is -0.980. The average Bonchev–Trinajstić information content (AvgIpc) is 2.93. The zero-order valence-electron chi connectivity index (χ0n) is 9.72. The van der Waals surface area contributed by atoms with Crippen molar-refractivity contribution in [1.82, 2.24) is 19.4 Å². The predicted molar refractivity (Wildman–Crippen MR) is 68.2 cm³/mol. The predicted octanol–water partition coefficient (Wildman–Crippen LogP) is 2.02. The van der Waals surface area contributed by atoms with Gasteiger partial charge in [0.1, 0.15) is 0 Å². The van der Waals surface area contributed by atoms with Crippen LogP contribution in [-0.4, -0.2) is 19.4 Å². The number of hydrogen-bond donors (Lipinski definition) is 1. The number of aryl methyl sites for hydroxylation is 2. The Morgan fingerprint density at radius 2 is 2.29 bits per heavy atom. The summed E-state index contributed by atoms with van der Waals surface area (Å²) in [5.41, 5.74) is 8.01. The molecule has 0 amide bonds. The van der Waals surface area contributed by atoms with Crippen molar-refractivity contribution < 1.29 is 0 Å². The van der Waals surface area contributed by atoms with Crippen molar-refractivity contribution in [2.24, 2.45) is 5.73 Å². The van der Waals surface area contributed by atoms with Gasteiger partial charge in [-0.25, -0.2) is 0 Å². The molecule has 2 aromatic rings. The van der Waals surface area contributed by atoms with Crippen LogP contribution >= 0.6 is 23.1 Å². The van der Waals surface area contributed by atoms with E-state index in [2.05, 4.69) is 14.7 Å². The molecule has 7 heteroatoms. The molecule has 0 bridgehead atoms. The minimum atomic E-state index is -0.306. The van der Waals surface area contributed by atoms with Gasteiger partial charge >= 0.3 is 0 Å². The third-order valence-corrected chi connectivity index (χ3v) is 3.77. The molecule has 0 aliphatic heterocycles. The fraction of sp³-hybridized carbons (Fsp3) is 0.500. The molecule has 17 heavy (non-hydrogen) atoms. The fourth-order valence-corrected chi connectivity index (χ4v) is 2.76. The molecule has 0 radical (unpaired) electrons. The summed E-state index contributed by atoms with van der Waals surface area (Å²) in [6.45, 7) is 4.78. The van der Waals surface area contributed by atoms with Gasteiger partial charge in [-0.3, -0.25) is 4.68 Å². The maximum Gasteiger partial charge on any atom is 0.0867 e. The summed E-state index contributed by atoms with van der Waals surface area (Å²) < 4.78 is 5.76. The van der Waals surface area contributed by atoms with Gasteiger partial charge < -0.3 is 5.73 Å². The first-order valence-electron chi connectivity index (χ1n) is 5.46. The van der Waals surface area contributed by atoms with Gasteiger partial charge in [-0.05, 0) is 24.9 Å². The van der Waals surface area contributed by atoms with E-state index in [1.165, 1.54) is 11.5 Å². The molecule has 2 rings (SSSR count). The standard InChI is InChI=1S/C10H14ClN5S/c1-3-7-10(17-15-14-7)8(12)9-6(11)5-13-16(9)4-2/h5,8H,3-4,12H2,1-2H3. The Bertz CT molecular complexity index is 507. The zero-order chi connectivity index (χ0) is 12.4. The molecular weight excluding hydrogens is 258 g/mol. The number of rotatable bonds is 4. The molecule has 0 aliphatic rings. The lowest BCUT2D eigenvalue weighted by Crippen LogP contribution is -2.17. The van der Waals surface area contributed by atoms with Crippen molar-refractivity contribution in [2.75, 3.05) is 0 Å². The summed E-state index contributed by atoms with van der Waals surface area (Å²) in [6, 6.07) is -0.306. The van der Waals surface area contributed by atoms with Crippen molar-refractivity contribution in [2.45, 2.75) is 32.9 Å². The van der Waals surface area contributed by atoms with Crippen LogP contribution in [0.25, 0.3) is 0 Å². The van der Waals surface area contributed by atoms with E-state index in [1.807, 2.05) is 18.5 Å². The second kappa shape index (κ2) is 5.12.